The van der Waals surface area contributed by atoms with Crippen LogP contribution in [0.3, 0.4) is 0 Å². The number of ether oxygens (including phenoxy) is 1. The second-order valence-corrected chi connectivity index (χ2v) is 7.67. The van der Waals surface area contributed by atoms with Crippen molar-refractivity contribution in [2.75, 3.05) is 31.6 Å². The van der Waals surface area contributed by atoms with Crippen molar-refractivity contribution in [3.8, 4) is 0 Å². The fourth-order valence-corrected chi connectivity index (χ4v) is 3.90. The third kappa shape index (κ3) is 4.32. The molecular weight excluding hydrogens is 420 g/mol. The number of carbonyl (C=O) groups is 3. The van der Waals surface area contributed by atoms with Gasteiger partial charge in [-0.1, -0.05) is 12.1 Å². The third-order valence-corrected chi connectivity index (χ3v) is 5.62. The van der Waals surface area contributed by atoms with Crippen LogP contribution in [-0.2, 0) is 9.53 Å². The Kier molecular flexibility index (Phi) is 6.17. The Bertz CT molecular complexity index is 1250. The predicted octanol–water partition coefficient (Wildman–Crippen LogP) is 4.87. The minimum absolute atomic E-state index is 0.291. The first-order chi connectivity index (χ1) is 15.9. The lowest BCUT2D eigenvalue weighted by molar-refractivity contribution is -0.140. The second kappa shape index (κ2) is 9.20. The molecule has 8 nitrogen and oxygen atoms in total. The van der Waals surface area contributed by atoms with Crippen molar-refractivity contribution in [3.05, 3.63) is 65.7 Å². The van der Waals surface area contributed by atoms with Crippen molar-refractivity contribution >= 4 is 45.6 Å². The largest absolute Gasteiger partial charge is 0.464 e. The number of amides is 2. The van der Waals surface area contributed by atoms with Gasteiger partial charge in [-0.3, -0.25) is 19.3 Å². The topological polar surface area (TPSA) is 91.6 Å². The molecule has 0 aromatic heterocycles. The summed E-state index contributed by atoms with van der Waals surface area (Å²) in [4.78, 5) is 39.3. The molecule has 8 heteroatoms. The number of anilines is 1. The van der Waals surface area contributed by atoms with E-state index in [2.05, 4.69) is 15.1 Å². The lowest BCUT2D eigenvalue weighted by Crippen LogP contribution is -2.36. The molecule has 1 aliphatic rings. The van der Waals surface area contributed by atoms with Crippen LogP contribution in [0.25, 0.3) is 10.8 Å². The minimum atomic E-state index is -0.322. The summed E-state index contributed by atoms with van der Waals surface area (Å²) in [5, 5.41) is 10.1. The molecule has 1 aliphatic heterocycles. The van der Waals surface area contributed by atoms with E-state index < -0.39 is 0 Å². The van der Waals surface area contributed by atoms with Crippen LogP contribution < -0.4 is 4.90 Å². The number of imide groups is 1. The van der Waals surface area contributed by atoms with E-state index in [9.17, 15) is 14.4 Å². The van der Waals surface area contributed by atoms with E-state index in [-0.39, 0.29) is 17.8 Å². The zero-order chi connectivity index (χ0) is 23.5. The van der Waals surface area contributed by atoms with Crippen molar-refractivity contribution in [1.29, 1.82) is 0 Å². The second-order valence-electron chi connectivity index (χ2n) is 7.67. The van der Waals surface area contributed by atoms with Crippen LogP contribution in [0.4, 0.5) is 17.1 Å². The molecule has 3 aromatic rings. The number of rotatable bonds is 7. The summed E-state index contributed by atoms with van der Waals surface area (Å²) in [6, 6.07) is 16.4. The first-order valence-corrected chi connectivity index (χ1v) is 10.7. The highest BCUT2D eigenvalue weighted by Crippen LogP contribution is 2.36. The molecule has 1 heterocycles. The van der Waals surface area contributed by atoms with E-state index in [0.717, 1.165) is 17.1 Å². The number of hydrogen-bond donors (Lipinski definition) is 0. The van der Waals surface area contributed by atoms with Gasteiger partial charge in [-0.25, -0.2) is 0 Å². The van der Waals surface area contributed by atoms with E-state index in [1.54, 1.807) is 24.3 Å². The molecule has 0 unspecified atom stereocenters. The SMILES string of the molecule is CCN(CCOC(C)=O)c1ccc(N=Nc2ccc3c4c(cccc24)C(=O)N(C)C3=O)cc1. The monoisotopic (exact) mass is 444 g/mol. The summed E-state index contributed by atoms with van der Waals surface area (Å²) in [7, 11) is 1.49. The predicted molar refractivity (Wildman–Crippen MR) is 126 cm³/mol. The van der Waals surface area contributed by atoms with E-state index in [4.69, 9.17) is 4.74 Å². The first kappa shape index (κ1) is 22.1. The zero-order valence-corrected chi connectivity index (χ0v) is 18.7. The fourth-order valence-electron chi connectivity index (χ4n) is 3.90. The van der Waals surface area contributed by atoms with Gasteiger partial charge in [0, 0.05) is 48.1 Å². The van der Waals surface area contributed by atoms with Gasteiger partial charge in [0.2, 0.25) is 0 Å². The fraction of sp³-hybridized carbons (Fsp3) is 0.240. The summed E-state index contributed by atoms with van der Waals surface area (Å²) in [6.07, 6.45) is 0. The Balaban J connectivity index is 1.58. The molecule has 0 saturated heterocycles. The van der Waals surface area contributed by atoms with Gasteiger partial charge < -0.3 is 9.64 Å². The highest BCUT2D eigenvalue weighted by atomic mass is 16.5. The van der Waals surface area contributed by atoms with Crippen LogP contribution in [-0.4, -0.2) is 49.4 Å². The smallest absolute Gasteiger partial charge is 0.302 e. The van der Waals surface area contributed by atoms with Gasteiger partial charge in [-0.15, -0.1) is 5.11 Å². The van der Waals surface area contributed by atoms with Gasteiger partial charge >= 0.3 is 5.97 Å². The van der Waals surface area contributed by atoms with Gasteiger partial charge in [-0.05, 0) is 49.4 Å². The van der Waals surface area contributed by atoms with Crippen LogP contribution in [0.1, 0.15) is 34.6 Å². The number of hydrogen-bond acceptors (Lipinski definition) is 7. The Hall–Kier alpha value is -4.07. The molecule has 0 saturated carbocycles. The Morgan fingerprint density at radius 1 is 0.970 bits per heavy atom. The molecule has 0 atom stereocenters. The number of nitrogens with zero attached hydrogens (tertiary/aromatic N) is 4. The van der Waals surface area contributed by atoms with Crippen molar-refractivity contribution in [1.82, 2.24) is 4.90 Å². The van der Waals surface area contributed by atoms with E-state index >= 15 is 0 Å². The van der Waals surface area contributed by atoms with E-state index in [1.165, 1.54) is 14.0 Å². The maximum atomic E-state index is 12.5. The molecular formula is C25H24N4O4. The van der Waals surface area contributed by atoms with Crippen LogP contribution in [0.2, 0.25) is 0 Å². The summed E-state index contributed by atoms with van der Waals surface area (Å²) in [5.74, 6) is -0.935. The van der Waals surface area contributed by atoms with Crippen molar-refractivity contribution in [2.45, 2.75) is 13.8 Å². The summed E-state index contributed by atoms with van der Waals surface area (Å²) in [6.45, 7) is 5.14. The molecule has 2 amide bonds. The highest BCUT2D eigenvalue weighted by molar-refractivity contribution is 6.26. The Morgan fingerprint density at radius 3 is 2.33 bits per heavy atom. The lowest BCUT2D eigenvalue weighted by atomic mass is 9.93. The van der Waals surface area contributed by atoms with Crippen LogP contribution in [0.5, 0.6) is 0 Å². The van der Waals surface area contributed by atoms with Crippen molar-refractivity contribution < 1.29 is 19.1 Å². The van der Waals surface area contributed by atoms with E-state index in [1.807, 2.05) is 37.3 Å². The maximum absolute atomic E-state index is 12.5. The Morgan fingerprint density at radius 2 is 1.67 bits per heavy atom. The van der Waals surface area contributed by atoms with Crippen molar-refractivity contribution in [3.63, 3.8) is 0 Å². The highest BCUT2D eigenvalue weighted by Gasteiger charge is 2.30. The normalized spacial score (nSPS) is 13.1. The Labute approximate surface area is 191 Å². The van der Waals surface area contributed by atoms with Gasteiger partial charge in [0.25, 0.3) is 11.8 Å². The van der Waals surface area contributed by atoms with Crippen LogP contribution >= 0.6 is 0 Å². The third-order valence-electron chi connectivity index (χ3n) is 5.62. The van der Waals surface area contributed by atoms with Gasteiger partial charge in [0.05, 0.1) is 17.9 Å². The number of likely N-dealkylation sites (N-methyl/N-ethyl adjacent to an activating group) is 1. The molecule has 0 N–H and O–H groups in total. The maximum Gasteiger partial charge on any atom is 0.302 e. The average molecular weight is 444 g/mol. The quantitative estimate of drug-likeness (QED) is 0.295. The summed E-state index contributed by atoms with van der Waals surface area (Å²) in [5.41, 5.74) is 3.22. The number of carbonyl (C=O) groups excluding carboxylic acids is 3. The molecule has 0 spiro atoms. The molecule has 0 fully saturated rings. The number of benzene rings is 3. The summed E-state index contributed by atoms with van der Waals surface area (Å²) < 4.78 is 5.03. The molecule has 33 heavy (non-hydrogen) atoms. The standard InChI is InChI=1S/C25H24N4O4/c1-4-29(14-15-33-16(2)30)18-10-8-17(9-11-18)26-27-22-13-12-21-23-19(22)6-5-7-20(23)24(31)28(3)25(21)32/h5-13H,4,14-15H2,1-3H3. The zero-order valence-electron chi connectivity index (χ0n) is 18.7. The number of azo groups is 1. The van der Waals surface area contributed by atoms with Gasteiger partial charge in [0.1, 0.15) is 6.61 Å². The minimum Gasteiger partial charge on any atom is -0.464 e. The molecule has 0 bridgehead atoms. The summed E-state index contributed by atoms with van der Waals surface area (Å²) >= 11 is 0. The molecule has 0 aliphatic carbocycles. The number of esters is 1. The van der Waals surface area contributed by atoms with E-state index in [0.29, 0.717) is 46.4 Å². The van der Waals surface area contributed by atoms with Gasteiger partial charge in [0.15, 0.2) is 0 Å². The molecule has 3 aromatic carbocycles. The van der Waals surface area contributed by atoms with Gasteiger partial charge in [-0.2, -0.15) is 5.11 Å². The van der Waals surface area contributed by atoms with Crippen LogP contribution in [0.15, 0.2) is 64.8 Å². The van der Waals surface area contributed by atoms with Crippen LogP contribution in [0, 0.1) is 0 Å². The molecule has 0 radical (unpaired) electrons. The molecule has 4 rings (SSSR count). The average Bonchev–Trinajstić information content (AvgIpc) is 2.83. The lowest BCUT2D eigenvalue weighted by Gasteiger charge is -2.23. The molecule has 168 valence electrons. The van der Waals surface area contributed by atoms with Crippen molar-refractivity contribution in [2.24, 2.45) is 10.2 Å². The first-order valence-electron chi connectivity index (χ1n) is 10.7.